The van der Waals surface area contributed by atoms with Crippen LogP contribution < -0.4 is 21.4 Å². The first-order valence-corrected chi connectivity index (χ1v) is 9.48. The highest BCUT2D eigenvalue weighted by molar-refractivity contribution is 6.43. The number of rotatable bonds is 13. The molecule has 31 heavy (non-hydrogen) atoms. The second kappa shape index (κ2) is 13.1. The van der Waals surface area contributed by atoms with E-state index in [-0.39, 0.29) is 31.8 Å². The van der Waals surface area contributed by atoms with Crippen molar-refractivity contribution in [3.8, 4) is 0 Å². The molecule has 0 aliphatic heterocycles. The lowest BCUT2D eigenvalue weighted by molar-refractivity contribution is -0.525. The van der Waals surface area contributed by atoms with Gasteiger partial charge < -0.3 is 26.0 Å². The zero-order valence-corrected chi connectivity index (χ0v) is 17.2. The molecule has 0 saturated heterocycles. The highest BCUT2D eigenvalue weighted by Crippen LogP contribution is 2.07. The predicted octanol–water partition coefficient (Wildman–Crippen LogP) is -3.21. The van der Waals surface area contributed by atoms with Gasteiger partial charge in [0, 0.05) is 6.54 Å². The molecule has 0 radical (unpaired) electrons. The molecule has 1 rings (SSSR count). The first-order chi connectivity index (χ1) is 14.6. The van der Waals surface area contributed by atoms with E-state index in [1.807, 2.05) is 13.8 Å². The highest BCUT2D eigenvalue weighted by atomic mass is 16.7. The van der Waals surface area contributed by atoms with Gasteiger partial charge in [-0.05, 0) is 35.6 Å². The van der Waals surface area contributed by atoms with Crippen molar-refractivity contribution >= 4 is 24.9 Å². The quantitative estimate of drug-likeness (QED) is 0.0401. The van der Waals surface area contributed by atoms with Crippen molar-refractivity contribution in [2.45, 2.75) is 51.6 Å². The van der Waals surface area contributed by atoms with Crippen LogP contribution in [0.1, 0.15) is 33.1 Å². The fourth-order valence-corrected chi connectivity index (χ4v) is 2.61. The maximum Gasteiger partial charge on any atom is 0.475 e. The highest BCUT2D eigenvalue weighted by Gasteiger charge is 2.29. The minimum absolute atomic E-state index is 0.0734. The third kappa shape index (κ3) is 10.9. The summed E-state index contributed by atoms with van der Waals surface area (Å²) in [7, 11) is -1.78. The Hall–Kier alpha value is -3.34. The number of nitrogens with one attached hydrogen (secondary N) is 5. The van der Waals surface area contributed by atoms with Gasteiger partial charge in [-0.1, -0.05) is 19.3 Å². The Labute approximate surface area is 177 Å². The van der Waals surface area contributed by atoms with Gasteiger partial charge in [0.15, 0.2) is 5.03 Å². The van der Waals surface area contributed by atoms with Crippen LogP contribution in [0.5, 0.6) is 0 Å². The van der Waals surface area contributed by atoms with Gasteiger partial charge in [-0.15, -0.1) is 5.10 Å². The molecular formula is C14H27BN10O6. The SMILES string of the molecule is CC(C)C[C@H](NC(=O)[C@H](CCCNC(=N)N[N+](=O)[O-])NC(=O)Cn1cnnn1)B(O)O. The predicted molar refractivity (Wildman–Crippen MR) is 106 cm³/mol. The van der Waals surface area contributed by atoms with Gasteiger partial charge in [-0.3, -0.25) is 15.0 Å². The van der Waals surface area contributed by atoms with Gasteiger partial charge in [0.1, 0.15) is 18.9 Å². The lowest BCUT2D eigenvalue weighted by atomic mass is 9.75. The van der Waals surface area contributed by atoms with E-state index in [2.05, 4.69) is 31.5 Å². The summed E-state index contributed by atoms with van der Waals surface area (Å²) < 4.78 is 1.16. The number of amides is 2. The summed E-state index contributed by atoms with van der Waals surface area (Å²) in [5.74, 6) is -2.55. The molecule has 0 fully saturated rings. The summed E-state index contributed by atoms with van der Waals surface area (Å²) in [6.07, 6.45) is 1.91. The number of aromatic nitrogens is 4. The molecule has 0 aromatic carbocycles. The molecule has 0 aliphatic rings. The normalized spacial score (nSPS) is 12.5. The van der Waals surface area contributed by atoms with Crippen molar-refractivity contribution in [3.05, 3.63) is 16.4 Å². The second-order valence-electron chi connectivity index (χ2n) is 7.10. The number of hydrazine groups is 1. The van der Waals surface area contributed by atoms with Crippen LogP contribution in [-0.2, 0) is 16.1 Å². The number of carbonyl (C=O) groups is 2. The first kappa shape index (κ1) is 25.7. The summed E-state index contributed by atoms with van der Waals surface area (Å²) in [5.41, 5.74) is 1.64. The molecule has 7 N–H and O–H groups in total. The maximum atomic E-state index is 12.7. The fourth-order valence-electron chi connectivity index (χ4n) is 2.61. The molecular weight excluding hydrogens is 415 g/mol. The Balaban J connectivity index is 2.70. The van der Waals surface area contributed by atoms with E-state index < -0.39 is 41.9 Å². The number of hydrogen-bond donors (Lipinski definition) is 7. The lowest BCUT2D eigenvalue weighted by Gasteiger charge is -2.24. The van der Waals surface area contributed by atoms with Crippen LogP contribution >= 0.6 is 0 Å². The van der Waals surface area contributed by atoms with E-state index in [9.17, 15) is 29.8 Å². The third-order valence-corrected chi connectivity index (χ3v) is 3.94. The van der Waals surface area contributed by atoms with Crippen molar-refractivity contribution in [2.75, 3.05) is 6.54 Å². The second-order valence-corrected chi connectivity index (χ2v) is 7.10. The molecule has 16 nitrogen and oxygen atoms in total. The average Bonchev–Trinajstić information content (AvgIpc) is 3.15. The van der Waals surface area contributed by atoms with E-state index in [0.29, 0.717) is 6.42 Å². The summed E-state index contributed by atoms with van der Waals surface area (Å²) in [6.45, 7) is 3.59. The van der Waals surface area contributed by atoms with Gasteiger partial charge in [-0.2, -0.15) is 0 Å². The van der Waals surface area contributed by atoms with Crippen LogP contribution in [0.3, 0.4) is 0 Å². The van der Waals surface area contributed by atoms with Crippen molar-refractivity contribution in [1.29, 1.82) is 5.41 Å². The molecule has 0 unspecified atom stereocenters. The summed E-state index contributed by atoms with van der Waals surface area (Å²) in [5, 5.41) is 53.7. The van der Waals surface area contributed by atoms with Crippen LogP contribution in [0.2, 0.25) is 0 Å². The molecule has 1 heterocycles. The first-order valence-electron chi connectivity index (χ1n) is 9.48. The summed E-state index contributed by atoms with van der Waals surface area (Å²) >= 11 is 0. The smallest absolute Gasteiger partial charge is 0.426 e. The molecule has 1 aromatic rings. The van der Waals surface area contributed by atoms with Gasteiger partial charge in [0.2, 0.25) is 11.8 Å². The van der Waals surface area contributed by atoms with Gasteiger partial charge in [0.25, 0.3) is 5.96 Å². The number of tetrazole rings is 1. The van der Waals surface area contributed by atoms with Crippen molar-refractivity contribution in [1.82, 2.24) is 41.6 Å². The van der Waals surface area contributed by atoms with E-state index >= 15 is 0 Å². The van der Waals surface area contributed by atoms with E-state index in [1.165, 1.54) is 6.33 Å². The van der Waals surface area contributed by atoms with Crippen molar-refractivity contribution in [3.63, 3.8) is 0 Å². The average molecular weight is 442 g/mol. The van der Waals surface area contributed by atoms with Crippen LogP contribution in [0, 0.1) is 21.4 Å². The number of guanidine groups is 1. The molecule has 172 valence electrons. The van der Waals surface area contributed by atoms with E-state index in [1.54, 1.807) is 5.43 Å². The van der Waals surface area contributed by atoms with Crippen molar-refractivity contribution < 1.29 is 24.7 Å². The number of nitro groups is 1. The number of nitrogens with zero attached hydrogens (tertiary/aromatic N) is 5. The maximum absolute atomic E-state index is 12.7. The Morgan fingerprint density at radius 1 is 1.32 bits per heavy atom. The number of carbonyl (C=O) groups excluding carboxylic acids is 2. The Morgan fingerprint density at radius 3 is 2.58 bits per heavy atom. The Morgan fingerprint density at radius 2 is 2.03 bits per heavy atom. The molecule has 2 amide bonds. The van der Waals surface area contributed by atoms with Crippen LogP contribution in [0.4, 0.5) is 0 Å². The van der Waals surface area contributed by atoms with Gasteiger partial charge in [-0.25, -0.2) is 14.8 Å². The molecule has 1 aromatic heterocycles. The topological polar surface area (TPSA) is 233 Å². The van der Waals surface area contributed by atoms with Crippen LogP contribution in [0.15, 0.2) is 6.33 Å². The fraction of sp³-hybridized carbons (Fsp3) is 0.714. The molecule has 0 aliphatic carbocycles. The lowest BCUT2D eigenvalue weighted by Crippen LogP contribution is -2.54. The van der Waals surface area contributed by atoms with Crippen molar-refractivity contribution in [2.24, 2.45) is 5.92 Å². The minimum Gasteiger partial charge on any atom is -0.426 e. The van der Waals surface area contributed by atoms with Gasteiger partial charge in [0.05, 0.1) is 5.94 Å². The molecule has 0 bridgehead atoms. The summed E-state index contributed by atoms with van der Waals surface area (Å²) in [6, 6.07) is -1.03. The van der Waals surface area contributed by atoms with Gasteiger partial charge >= 0.3 is 7.12 Å². The Kier molecular flexibility index (Phi) is 10.8. The molecule has 17 heteroatoms. The molecule has 2 atom stereocenters. The molecule has 0 spiro atoms. The largest absolute Gasteiger partial charge is 0.475 e. The standard InChI is InChI=1S/C14H27BN10O6/c1-9(2)6-11(15(28)29)20-13(27)10(4-3-5-17-14(16)21-25(30)31)19-12(26)7-24-8-18-22-23-24/h8-11,28-29H,3-7H2,1-2H3,(H,19,26)(H,20,27)(H3,16,17,21)/t10-,11-/m0/s1. The Bertz CT molecular complexity index is 731. The number of hydrogen-bond acceptors (Lipinski definition) is 10. The third-order valence-electron chi connectivity index (χ3n) is 3.94. The van der Waals surface area contributed by atoms with Crippen LogP contribution in [0.25, 0.3) is 0 Å². The molecule has 0 saturated carbocycles. The van der Waals surface area contributed by atoms with E-state index in [4.69, 9.17) is 5.41 Å². The minimum atomic E-state index is -1.78. The monoisotopic (exact) mass is 442 g/mol. The van der Waals surface area contributed by atoms with Crippen LogP contribution in [-0.4, -0.2) is 78.7 Å². The zero-order chi connectivity index (χ0) is 23.4. The van der Waals surface area contributed by atoms with E-state index in [0.717, 1.165) is 4.68 Å². The zero-order valence-electron chi connectivity index (χ0n) is 17.2. The summed E-state index contributed by atoms with van der Waals surface area (Å²) in [4.78, 5) is 35.2.